The van der Waals surface area contributed by atoms with E-state index in [9.17, 15) is 10.2 Å². The van der Waals surface area contributed by atoms with Gasteiger partial charge in [-0.3, -0.25) is 0 Å². The van der Waals surface area contributed by atoms with Gasteiger partial charge >= 0.3 is 0 Å². The lowest BCUT2D eigenvalue weighted by molar-refractivity contribution is -0.0646. The Morgan fingerprint density at radius 2 is 2.05 bits per heavy atom. The third-order valence-electron chi connectivity index (χ3n) is 7.10. The highest BCUT2D eigenvalue weighted by Crippen LogP contribution is 2.64. The van der Waals surface area contributed by atoms with Crippen molar-refractivity contribution in [2.45, 2.75) is 57.0 Å². The van der Waals surface area contributed by atoms with Crippen LogP contribution in [0.3, 0.4) is 0 Å². The maximum atomic E-state index is 10.9. The number of phenolic OH excluding ortho intramolecular Hbond substituents is 1. The number of aliphatic hydroxyl groups is 1. The van der Waals surface area contributed by atoms with Gasteiger partial charge in [-0.15, -0.1) is 6.42 Å². The van der Waals surface area contributed by atoms with Gasteiger partial charge in [0.05, 0.1) is 0 Å². The molecule has 0 aliphatic heterocycles. The Balaban J connectivity index is 1.72. The molecule has 2 saturated carbocycles. The number of hydrogen-bond donors (Lipinski definition) is 2. The topological polar surface area (TPSA) is 40.5 Å². The first-order valence-electron chi connectivity index (χ1n) is 8.50. The van der Waals surface area contributed by atoms with Gasteiger partial charge in [0, 0.05) is 5.41 Å². The van der Waals surface area contributed by atoms with Crippen molar-refractivity contribution in [3.8, 4) is 18.1 Å². The molecule has 0 spiro atoms. The summed E-state index contributed by atoms with van der Waals surface area (Å²) in [6.07, 6.45) is 11.8. The van der Waals surface area contributed by atoms with E-state index in [1.165, 1.54) is 11.1 Å². The molecule has 0 amide bonds. The summed E-state index contributed by atoms with van der Waals surface area (Å²) in [5.41, 5.74) is 1.69. The van der Waals surface area contributed by atoms with Crippen molar-refractivity contribution in [2.75, 3.05) is 0 Å². The molecule has 0 saturated heterocycles. The first kappa shape index (κ1) is 14.2. The SMILES string of the molecule is C#C[C@]1(O)CC[C@@H]2[C@H]3CCc4cc(O)ccc4[C@H]3CC[C@@]21C. The molecule has 3 aliphatic carbocycles. The largest absolute Gasteiger partial charge is 0.508 e. The van der Waals surface area contributed by atoms with E-state index >= 15 is 0 Å². The average Bonchev–Trinajstić information content (AvgIpc) is 2.79. The summed E-state index contributed by atoms with van der Waals surface area (Å²) in [7, 11) is 0. The van der Waals surface area contributed by atoms with Crippen LogP contribution in [0.2, 0.25) is 0 Å². The quantitative estimate of drug-likeness (QED) is 0.718. The number of rotatable bonds is 0. The molecule has 2 heteroatoms. The predicted octanol–water partition coefficient (Wildman–Crippen LogP) is 3.61. The van der Waals surface area contributed by atoms with Crippen LogP contribution >= 0.6 is 0 Å². The van der Waals surface area contributed by atoms with Crippen LogP contribution in [-0.2, 0) is 6.42 Å². The van der Waals surface area contributed by atoms with Crippen LogP contribution in [0.1, 0.15) is 56.1 Å². The third kappa shape index (κ3) is 1.66. The lowest BCUT2D eigenvalue weighted by Crippen LogP contribution is -2.50. The molecule has 5 atom stereocenters. The van der Waals surface area contributed by atoms with Gasteiger partial charge in [0.2, 0.25) is 0 Å². The second kappa shape index (κ2) is 4.52. The minimum atomic E-state index is -0.919. The van der Waals surface area contributed by atoms with Crippen molar-refractivity contribution in [3.05, 3.63) is 29.3 Å². The van der Waals surface area contributed by atoms with E-state index < -0.39 is 5.60 Å². The van der Waals surface area contributed by atoms with Crippen LogP contribution in [-0.4, -0.2) is 15.8 Å². The molecule has 22 heavy (non-hydrogen) atoms. The standard InChI is InChI=1S/C20H24O2/c1-3-20(22)11-9-18-17-6-4-13-12-14(21)5-7-15(13)16(17)8-10-19(18,20)2/h1,5,7,12,16-18,21-22H,4,6,8-11H2,2H3/t16-,17+,18-,19+,20+/m1/s1. The monoisotopic (exact) mass is 296 g/mol. The molecule has 2 fully saturated rings. The smallest absolute Gasteiger partial charge is 0.130 e. The summed E-state index contributed by atoms with van der Waals surface area (Å²) in [5, 5.41) is 20.6. The second-order valence-corrected chi connectivity index (χ2v) is 7.80. The van der Waals surface area contributed by atoms with E-state index in [-0.39, 0.29) is 5.41 Å². The lowest BCUT2D eigenvalue weighted by atomic mass is 9.53. The van der Waals surface area contributed by atoms with Crippen molar-refractivity contribution < 1.29 is 10.2 Å². The van der Waals surface area contributed by atoms with Crippen LogP contribution in [0.4, 0.5) is 0 Å². The number of terminal acetylenes is 1. The highest BCUT2D eigenvalue weighted by molar-refractivity contribution is 5.40. The fraction of sp³-hybridized carbons (Fsp3) is 0.600. The predicted molar refractivity (Wildman–Crippen MR) is 86.5 cm³/mol. The fourth-order valence-corrected chi connectivity index (χ4v) is 5.82. The van der Waals surface area contributed by atoms with Crippen molar-refractivity contribution >= 4 is 0 Å². The van der Waals surface area contributed by atoms with Crippen molar-refractivity contribution in [1.29, 1.82) is 0 Å². The number of aromatic hydroxyl groups is 1. The number of benzene rings is 1. The Hall–Kier alpha value is -1.46. The third-order valence-corrected chi connectivity index (χ3v) is 7.10. The van der Waals surface area contributed by atoms with Crippen molar-refractivity contribution in [1.82, 2.24) is 0 Å². The molecule has 1 aromatic carbocycles. The molecule has 4 rings (SSSR count). The summed E-state index contributed by atoms with van der Waals surface area (Å²) >= 11 is 0. The minimum absolute atomic E-state index is 0.128. The van der Waals surface area contributed by atoms with E-state index in [0.717, 1.165) is 38.5 Å². The molecular formula is C20H24O2. The Kier molecular flexibility index (Phi) is 2.91. The molecule has 2 N–H and O–H groups in total. The highest BCUT2D eigenvalue weighted by atomic mass is 16.3. The molecule has 0 heterocycles. The first-order valence-corrected chi connectivity index (χ1v) is 8.50. The van der Waals surface area contributed by atoms with Crippen LogP contribution < -0.4 is 0 Å². The Morgan fingerprint density at radius 1 is 1.23 bits per heavy atom. The number of phenols is 1. The average molecular weight is 296 g/mol. The first-order chi connectivity index (χ1) is 10.5. The number of hydrogen-bond acceptors (Lipinski definition) is 2. The summed E-state index contributed by atoms with van der Waals surface area (Å²) < 4.78 is 0. The van der Waals surface area contributed by atoms with Crippen LogP contribution in [0, 0.1) is 29.6 Å². The zero-order valence-electron chi connectivity index (χ0n) is 13.2. The minimum Gasteiger partial charge on any atom is -0.508 e. The molecule has 0 unspecified atom stereocenters. The van der Waals surface area contributed by atoms with Gasteiger partial charge in [-0.05, 0) is 79.5 Å². The van der Waals surface area contributed by atoms with Crippen LogP contribution in [0.15, 0.2) is 18.2 Å². The van der Waals surface area contributed by atoms with E-state index in [1.54, 1.807) is 0 Å². The van der Waals surface area contributed by atoms with Crippen LogP contribution in [0.25, 0.3) is 0 Å². The van der Waals surface area contributed by atoms with E-state index in [2.05, 4.69) is 18.9 Å². The normalized spacial score (nSPS) is 42.9. The lowest BCUT2D eigenvalue weighted by Gasteiger charge is -2.52. The van der Waals surface area contributed by atoms with Gasteiger partial charge in [-0.2, -0.15) is 0 Å². The molecule has 1 aromatic rings. The fourth-order valence-electron chi connectivity index (χ4n) is 5.82. The zero-order valence-corrected chi connectivity index (χ0v) is 13.2. The van der Waals surface area contributed by atoms with Crippen molar-refractivity contribution in [2.24, 2.45) is 17.3 Å². The van der Waals surface area contributed by atoms with Gasteiger partial charge in [0.25, 0.3) is 0 Å². The van der Waals surface area contributed by atoms with Gasteiger partial charge < -0.3 is 10.2 Å². The maximum Gasteiger partial charge on any atom is 0.130 e. The second-order valence-electron chi connectivity index (χ2n) is 7.80. The van der Waals surface area contributed by atoms with E-state index in [0.29, 0.717) is 23.5 Å². The van der Waals surface area contributed by atoms with Gasteiger partial charge in [0.15, 0.2) is 0 Å². The van der Waals surface area contributed by atoms with Gasteiger partial charge in [-0.25, -0.2) is 0 Å². The Bertz CT molecular complexity index is 658. The number of aryl methyl sites for hydroxylation is 1. The molecule has 0 aromatic heterocycles. The Morgan fingerprint density at radius 3 is 2.82 bits per heavy atom. The van der Waals surface area contributed by atoms with Crippen LogP contribution in [0.5, 0.6) is 5.75 Å². The van der Waals surface area contributed by atoms with Gasteiger partial charge in [-0.1, -0.05) is 18.9 Å². The van der Waals surface area contributed by atoms with Crippen molar-refractivity contribution in [3.63, 3.8) is 0 Å². The molecule has 3 aliphatic rings. The molecule has 0 bridgehead atoms. The summed E-state index contributed by atoms with van der Waals surface area (Å²) in [6.45, 7) is 2.22. The highest BCUT2D eigenvalue weighted by Gasteiger charge is 2.61. The Labute approximate surface area is 132 Å². The molecular weight excluding hydrogens is 272 g/mol. The number of fused-ring (bicyclic) bond motifs is 5. The zero-order chi connectivity index (χ0) is 15.5. The molecule has 0 radical (unpaired) electrons. The summed E-state index contributed by atoms with van der Waals surface area (Å²) in [6, 6.07) is 5.87. The summed E-state index contributed by atoms with van der Waals surface area (Å²) in [5.74, 6) is 4.82. The van der Waals surface area contributed by atoms with Gasteiger partial charge in [0.1, 0.15) is 11.4 Å². The van der Waals surface area contributed by atoms with E-state index in [4.69, 9.17) is 6.42 Å². The molecule has 2 nitrogen and oxygen atoms in total. The maximum absolute atomic E-state index is 10.9. The summed E-state index contributed by atoms with van der Waals surface area (Å²) in [4.78, 5) is 0. The van der Waals surface area contributed by atoms with E-state index in [1.807, 2.05) is 12.1 Å². The molecule has 116 valence electrons.